The molecule has 154 valence electrons. The Bertz CT molecular complexity index is 529. The van der Waals surface area contributed by atoms with Crippen LogP contribution in [0.1, 0.15) is 99.9 Å². The first-order chi connectivity index (χ1) is 13.0. The minimum Gasteiger partial charge on any atom is -0.352 e. The molecule has 0 aliphatic rings. The van der Waals surface area contributed by atoms with Gasteiger partial charge in [0.15, 0.2) is 0 Å². The third kappa shape index (κ3) is 10.4. The summed E-state index contributed by atoms with van der Waals surface area (Å²) in [6, 6.07) is 4.91. The molecule has 0 aliphatic heterocycles. The Morgan fingerprint density at radius 1 is 0.815 bits per heavy atom. The largest absolute Gasteiger partial charge is 0.417 e. The number of halogens is 3. The topological polar surface area (TPSA) is 29.1 Å². The molecule has 1 N–H and O–H groups in total. The minimum absolute atomic E-state index is 0.302. The molecule has 2 nitrogen and oxygen atoms in total. The standard InChI is InChI=1S/C22H34F3NO/c1-2-3-4-5-6-7-8-9-10-11-12-15-18-26-21(27)19-16-13-14-17-20(19)22(23,24)25/h13-14,16-17H,2-12,15,18H2,1H3,(H,26,27). The lowest BCUT2D eigenvalue weighted by molar-refractivity contribution is -0.137. The predicted molar refractivity (Wildman–Crippen MR) is 105 cm³/mol. The van der Waals surface area contributed by atoms with Crippen LogP contribution >= 0.6 is 0 Å². The summed E-state index contributed by atoms with van der Waals surface area (Å²) >= 11 is 0. The lowest BCUT2D eigenvalue weighted by Crippen LogP contribution is -2.27. The number of nitrogens with one attached hydrogen (secondary N) is 1. The highest BCUT2D eigenvalue weighted by Crippen LogP contribution is 2.31. The molecular formula is C22H34F3NO. The zero-order valence-electron chi connectivity index (χ0n) is 16.5. The van der Waals surface area contributed by atoms with E-state index in [4.69, 9.17) is 0 Å². The molecule has 5 heteroatoms. The minimum atomic E-state index is -4.51. The summed E-state index contributed by atoms with van der Waals surface area (Å²) in [7, 11) is 0. The summed E-state index contributed by atoms with van der Waals surface area (Å²) in [5.74, 6) is -0.647. The Balaban J connectivity index is 2.07. The quantitative estimate of drug-likeness (QED) is 0.339. The van der Waals surface area contributed by atoms with Gasteiger partial charge in [-0.25, -0.2) is 0 Å². The van der Waals surface area contributed by atoms with E-state index in [0.29, 0.717) is 6.54 Å². The van der Waals surface area contributed by atoms with Crippen molar-refractivity contribution in [2.24, 2.45) is 0 Å². The molecule has 0 saturated carbocycles. The van der Waals surface area contributed by atoms with Gasteiger partial charge in [-0.1, -0.05) is 89.7 Å². The van der Waals surface area contributed by atoms with E-state index in [1.54, 1.807) is 0 Å². The molecule has 0 atom stereocenters. The number of unbranched alkanes of at least 4 members (excludes halogenated alkanes) is 11. The normalized spacial score (nSPS) is 11.6. The third-order valence-electron chi connectivity index (χ3n) is 4.79. The zero-order valence-corrected chi connectivity index (χ0v) is 16.5. The highest BCUT2D eigenvalue weighted by atomic mass is 19.4. The van der Waals surface area contributed by atoms with Crippen molar-refractivity contribution in [1.82, 2.24) is 5.32 Å². The van der Waals surface area contributed by atoms with E-state index in [1.165, 1.54) is 76.0 Å². The molecule has 0 heterocycles. The van der Waals surface area contributed by atoms with E-state index in [2.05, 4.69) is 12.2 Å². The number of rotatable bonds is 14. The SMILES string of the molecule is CCCCCCCCCCCCCCNC(=O)c1ccccc1C(F)(F)F. The maximum atomic E-state index is 12.9. The summed E-state index contributed by atoms with van der Waals surface area (Å²) in [4.78, 5) is 12.0. The van der Waals surface area contributed by atoms with Crippen molar-refractivity contribution in [3.05, 3.63) is 35.4 Å². The molecule has 0 fully saturated rings. The molecule has 0 bridgehead atoms. The fourth-order valence-electron chi connectivity index (χ4n) is 3.19. The van der Waals surface area contributed by atoms with Crippen LogP contribution in [0.2, 0.25) is 0 Å². The van der Waals surface area contributed by atoms with Crippen LogP contribution in [0.25, 0.3) is 0 Å². The number of amides is 1. The van der Waals surface area contributed by atoms with Crippen LogP contribution < -0.4 is 5.32 Å². The summed E-state index contributed by atoms with van der Waals surface area (Å²) < 4.78 is 38.8. The molecule has 27 heavy (non-hydrogen) atoms. The Labute approximate surface area is 161 Å². The van der Waals surface area contributed by atoms with Crippen molar-refractivity contribution in [2.45, 2.75) is 90.1 Å². The van der Waals surface area contributed by atoms with E-state index >= 15 is 0 Å². The smallest absolute Gasteiger partial charge is 0.352 e. The number of alkyl halides is 3. The van der Waals surface area contributed by atoms with Crippen LogP contribution in [0.4, 0.5) is 13.2 Å². The van der Waals surface area contributed by atoms with Gasteiger partial charge in [0.2, 0.25) is 0 Å². The van der Waals surface area contributed by atoms with Crippen LogP contribution in [-0.2, 0) is 6.18 Å². The lowest BCUT2D eigenvalue weighted by atomic mass is 10.0. The zero-order chi connectivity index (χ0) is 20.0. The Morgan fingerprint density at radius 3 is 1.81 bits per heavy atom. The van der Waals surface area contributed by atoms with Crippen molar-refractivity contribution in [3.63, 3.8) is 0 Å². The third-order valence-corrected chi connectivity index (χ3v) is 4.79. The Morgan fingerprint density at radius 2 is 1.30 bits per heavy atom. The molecule has 1 aromatic rings. The van der Waals surface area contributed by atoms with Gasteiger partial charge in [-0.15, -0.1) is 0 Å². The molecule has 0 saturated heterocycles. The molecule has 0 unspecified atom stereocenters. The fourth-order valence-corrected chi connectivity index (χ4v) is 3.19. The number of carbonyl (C=O) groups excluding carboxylic acids is 1. The van der Waals surface area contributed by atoms with E-state index in [1.807, 2.05) is 0 Å². The summed E-state index contributed by atoms with van der Waals surface area (Å²) in [6.07, 6.45) is 10.1. The molecule has 1 rings (SSSR count). The van der Waals surface area contributed by atoms with Crippen LogP contribution in [0.15, 0.2) is 24.3 Å². The number of carbonyl (C=O) groups is 1. The van der Waals surface area contributed by atoms with Gasteiger partial charge >= 0.3 is 6.18 Å². The first-order valence-electron chi connectivity index (χ1n) is 10.4. The first-order valence-corrected chi connectivity index (χ1v) is 10.4. The lowest BCUT2D eigenvalue weighted by Gasteiger charge is -2.12. The monoisotopic (exact) mass is 385 g/mol. The molecule has 0 aliphatic carbocycles. The molecule has 0 radical (unpaired) electrons. The van der Waals surface area contributed by atoms with Gasteiger partial charge in [0.05, 0.1) is 11.1 Å². The molecule has 1 amide bonds. The van der Waals surface area contributed by atoms with Crippen molar-refractivity contribution >= 4 is 5.91 Å². The van der Waals surface area contributed by atoms with Gasteiger partial charge in [0, 0.05) is 6.54 Å². The van der Waals surface area contributed by atoms with Crippen molar-refractivity contribution in [2.75, 3.05) is 6.54 Å². The number of hydrogen-bond donors (Lipinski definition) is 1. The summed E-state index contributed by atoms with van der Waals surface area (Å²) in [5, 5.41) is 2.61. The molecule has 1 aromatic carbocycles. The van der Waals surface area contributed by atoms with E-state index in [9.17, 15) is 18.0 Å². The molecule has 0 spiro atoms. The number of hydrogen-bond acceptors (Lipinski definition) is 1. The first kappa shape index (κ1) is 23.5. The summed E-state index contributed by atoms with van der Waals surface area (Å²) in [6.45, 7) is 2.65. The second kappa shape index (κ2) is 13.6. The average Bonchev–Trinajstić information content (AvgIpc) is 2.64. The molecular weight excluding hydrogens is 351 g/mol. The van der Waals surface area contributed by atoms with Crippen molar-refractivity contribution in [1.29, 1.82) is 0 Å². The molecule has 0 aromatic heterocycles. The fraction of sp³-hybridized carbons (Fsp3) is 0.682. The van der Waals surface area contributed by atoms with Gasteiger partial charge < -0.3 is 5.32 Å². The van der Waals surface area contributed by atoms with Crippen LogP contribution in [0.3, 0.4) is 0 Å². The van der Waals surface area contributed by atoms with Crippen molar-refractivity contribution < 1.29 is 18.0 Å². The number of benzene rings is 1. The van der Waals surface area contributed by atoms with E-state index in [-0.39, 0.29) is 5.56 Å². The highest BCUT2D eigenvalue weighted by molar-refractivity contribution is 5.95. The van der Waals surface area contributed by atoms with Gasteiger partial charge in [-0.2, -0.15) is 13.2 Å². The second-order valence-electron chi connectivity index (χ2n) is 7.19. The van der Waals surface area contributed by atoms with Gasteiger partial charge in [0.1, 0.15) is 0 Å². The van der Waals surface area contributed by atoms with E-state index in [0.717, 1.165) is 25.3 Å². The summed E-state index contributed by atoms with van der Waals surface area (Å²) in [5.41, 5.74) is -1.18. The van der Waals surface area contributed by atoms with Gasteiger partial charge in [0.25, 0.3) is 5.91 Å². The van der Waals surface area contributed by atoms with Crippen LogP contribution in [0, 0.1) is 0 Å². The predicted octanol–water partition coefficient (Wildman–Crippen LogP) is 7.14. The Hall–Kier alpha value is -1.52. The second-order valence-corrected chi connectivity index (χ2v) is 7.19. The van der Waals surface area contributed by atoms with E-state index < -0.39 is 17.6 Å². The average molecular weight is 386 g/mol. The maximum absolute atomic E-state index is 12.9. The van der Waals surface area contributed by atoms with Gasteiger partial charge in [-0.3, -0.25) is 4.79 Å². The van der Waals surface area contributed by atoms with Crippen LogP contribution in [-0.4, -0.2) is 12.5 Å². The Kier molecular flexibility index (Phi) is 11.9. The maximum Gasteiger partial charge on any atom is 0.417 e. The van der Waals surface area contributed by atoms with Crippen molar-refractivity contribution in [3.8, 4) is 0 Å². The highest BCUT2D eigenvalue weighted by Gasteiger charge is 2.34. The van der Waals surface area contributed by atoms with Gasteiger partial charge in [-0.05, 0) is 18.6 Å². The van der Waals surface area contributed by atoms with Crippen LogP contribution in [0.5, 0.6) is 0 Å².